The Balaban J connectivity index is 1.49. The number of rotatable bonds is 8. The number of piperazine rings is 1. The van der Waals surface area contributed by atoms with Crippen LogP contribution in [-0.2, 0) is 11.3 Å². The van der Waals surface area contributed by atoms with E-state index in [-0.39, 0.29) is 38.4 Å². The van der Waals surface area contributed by atoms with Gasteiger partial charge in [0.15, 0.2) is 11.5 Å². The molecule has 29 heavy (non-hydrogen) atoms. The number of ether oxygens (including phenoxy) is 2. The number of nitrogens with zero attached hydrogens (tertiary/aromatic N) is 2. The average molecular weight is 413 g/mol. The molecular formula is C20H29F2N3O4. The number of halogens is 2. The van der Waals surface area contributed by atoms with Gasteiger partial charge in [-0.05, 0) is 17.7 Å². The summed E-state index contributed by atoms with van der Waals surface area (Å²) in [6, 6.07) is 5.55. The third-order valence-corrected chi connectivity index (χ3v) is 5.24. The fraction of sp³-hybridized carbons (Fsp3) is 0.650. The number of piperidine rings is 1. The molecule has 2 fully saturated rings. The van der Waals surface area contributed by atoms with Crippen molar-refractivity contribution in [1.82, 2.24) is 15.1 Å². The molecule has 0 saturated carbocycles. The number of amides is 1. The Labute approximate surface area is 169 Å². The Kier molecular flexibility index (Phi) is 7.26. The molecule has 1 amide bonds. The number of hydrogen-bond acceptors (Lipinski definition) is 6. The predicted octanol–water partition coefficient (Wildman–Crippen LogP) is 1.10. The Morgan fingerprint density at radius 1 is 1.21 bits per heavy atom. The maximum atomic E-state index is 13.2. The van der Waals surface area contributed by atoms with Crippen molar-refractivity contribution < 1.29 is 28.2 Å². The molecule has 0 aromatic heterocycles. The van der Waals surface area contributed by atoms with Crippen LogP contribution in [0.25, 0.3) is 0 Å². The van der Waals surface area contributed by atoms with Crippen molar-refractivity contribution in [2.45, 2.75) is 31.4 Å². The first-order chi connectivity index (χ1) is 13.8. The summed E-state index contributed by atoms with van der Waals surface area (Å²) in [6.07, 6.45) is -1.12. The zero-order chi connectivity index (χ0) is 20.9. The lowest BCUT2D eigenvalue weighted by Crippen LogP contribution is -2.47. The van der Waals surface area contributed by atoms with Crippen molar-refractivity contribution in [2.75, 3.05) is 53.0 Å². The minimum absolute atomic E-state index is 0.0228. The second-order valence-corrected chi connectivity index (χ2v) is 7.67. The normalized spacial score (nSPS) is 21.4. The number of methoxy groups -OCH3 is 1. The third kappa shape index (κ3) is 6.52. The van der Waals surface area contributed by atoms with E-state index in [9.17, 15) is 18.7 Å². The summed E-state index contributed by atoms with van der Waals surface area (Å²) in [5.74, 6) is -1.51. The Morgan fingerprint density at radius 2 is 1.97 bits per heavy atom. The third-order valence-electron chi connectivity index (χ3n) is 5.24. The molecule has 162 valence electrons. The number of alkyl halides is 2. The molecule has 1 atom stereocenters. The molecule has 0 aliphatic carbocycles. The fourth-order valence-corrected chi connectivity index (χ4v) is 3.61. The monoisotopic (exact) mass is 413 g/mol. The molecule has 2 N–H and O–H groups in total. The zero-order valence-electron chi connectivity index (χ0n) is 16.7. The number of aliphatic hydroxyl groups excluding tert-OH is 1. The molecule has 2 aliphatic rings. The first-order valence-electron chi connectivity index (χ1n) is 9.92. The van der Waals surface area contributed by atoms with Crippen LogP contribution < -0.4 is 14.8 Å². The van der Waals surface area contributed by atoms with E-state index in [1.54, 1.807) is 13.2 Å². The van der Waals surface area contributed by atoms with E-state index in [4.69, 9.17) is 9.47 Å². The second kappa shape index (κ2) is 9.69. The number of nitrogens with one attached hydrogen (secondary N) is 1. The van der Waals surface area contributed by atoms with Gasteiger partial charge in [0.2, 0.25) is 5.91 Å². The molecule has 1 unspecified atom stereocenters. The van der Waals surface area contributed by atoms with Gasteiger partial charge < -0.3 is 24.8 Å². The van der Waals surface area contributed by atoms with Crippen molar-refractivity contribution >= 4 is 5.91 Å². The fourth-order valence-electron chi connectivity index (χ4n) is 3.61. The molecule has 1 aromatic carbocycles. The molecular weight excluding hydrogens is 384 g/mol. The average Bonchev–Trinajstić information content (AvgIpc) is 2.68. The van der Waals surface area contributed by atoms with Gasteiger partial charge in [-0.3, -0.25) is 9.69 Å². The van der Waals surface area contributed by atoms with Gasteiger partial charge in [0.25, 0.3) is 5.92 Å². The highest BCUT2D eigenvalue weighted by atomic mass is 19.3. The lowest BCUT2D eigenvalue weighted by atomic mass is 10.1. The van der Waals surface area contributed by atoms with E-state index >= 15 is 0 Å². The van der Waals surface area contributed by atoms with Gasteiger partial charge in [0.05, 0.1) is 13.7 Å². The lowest BCUT2D eigenvalue weighted by molar-refractivity contribution is -0.124. The van der Waals surface area contributed by atoms with Crippen molar-refractivity contribution in [3.05, 3.63) is 23.8 Å². The highest BCUT2D eigenvalue weighted by molar-refractivity contribution is 5.78. The Morgan fingerprint density at radius 3 is 2.66 bits per heavy atom. The smallest absolute Gasteiger partial charge is 0.250 e. The number of likely N-dealkylation sites (tertiary alicyclic amines) is 1. The number of hydrogen-bond donors (Lipinski definition) is 2. The summed E-state index contributed by atoms with van der Waals surface area (Å²) >= 11 is 0. The van der Waals surface area contributed by atoms with E-state index in [0.717, 1.165) is 12.1 Å². The van der Waals surface area contributed by atoms with Crippen molar-refractivity contribution in [3.63, 3.8) is 0 Å². The number of benzene rings is 1. The molecule has 1 aromatic rings. The number of aliphatic hydroxyl groups is 1. The number of β-amino-alcohol motifs (C(OH)–C–C–N with tert-alkyl or cyclic N) is 1. The molecule has 9 heteroatoms. The summed E-state index contributed by atoms with van der Waals surface area (Å²) < 4.78 is 37.5. The van der Waals surface area contributed by atoms with Gasteiger partial charge in [0.1, 0.15) is 12.7 Å². The van der Waals surface area contributed by atoms with E-state index in [0.29, 0.717) is 37.7 Å². The van der Waals surface area contributed by atoms with Crippen LogP contribution in [0.1, 0.15) is 18.4 Å². The van der Waals surface area contributed by atoms with Gasteiger partial charge in [-0.2, -0.15) is 0 Å². The molecule has 2 aliphatic heterocycles. The highest BCUT2D eigenvalue weighted by Gasteiger charge is 2.34. The van der Waals surface area contributed by atoms with Crippen LogP contribution >= 0.6 is 0 Å². The van der Waals surface area contributed by atoms with Crippen molar-refractivity contribution in [2.24, 2.45) is 0 Å². The van der Waals surface area contributed by atoms with Crippen LogP contribution in [0.3, 0.4) is 0 Å². The first-order valence-corrected chi connectivity index (χ1v) is 9.92. The number of carbonyl (C=O) groups excluding carboxylic acids is 1. The van der Waals surface area contributed by atoms with Crippen LogP contribution in [0.4, 0.5) is 8.78 Å². The molecule has 3 rings (SSSR count). The summed E-state index contributed by atoms with van der Waals surface area (Å²) in [4.78, 5) is 15.4. The summed E-state index contributed by atoms with van der Waals surface area (Å²) in [6.45, 7) is 3.34. The van der Waals surface area contributed by atoms with Crippen LogP contribution in [0.15, 0.2) is 18.2 Å². The van der Waals surface area contributed by atoms with Crippen LogP contribution in [-0.4, -0.2) is 85.8 Å². The lowest BCUT2D eigenvalue weighted by Gasteiger charge is -2.32. The summed E-state index contributed by atoms with van der Waals surface area (Å²) in [5, 5.41) is 13.0. The van der Waals surface area contributed by atoms with Gasteiger partial charge >= 0.3 is 0 Å². The molecule has 0 spiro atoms. The zero-order valence-corrected chi connectivity index (χ0v) is 16.7. The van der Waals surface area contributed by atoms with E-state index in [2.05, 4.69) is 10.2 Å². The van der Waals surface area contributed by atoms with Gasteiger partial charge in [-0.15, -0.1) is 0 Å². The van der Waals surface area contributed by atoms with Gasteiger partial charge in [-0.25, -0.2) is 8.78 Å². The topological polar surface area (TPSA) is 74.3 Å². The SMILES string of the molecule is COc1cc(CN2CCNC(=O)C2)ccc1OCC(O)CN1CCC(F)(F)CC1. The molecule has 0 radical (unpaired) electrons. The Bertz CT molecular complexity index is 694. The van der Waals surface area contributed by atoms with E-state index in [1.807, 2.05) is 17.0 Å². The maximum absolute atomic E-state index is 13.2. The van der Waals surface area contributed by atoms with Crippen molar-refractivity contribution in [3.8, 4) is 11.5 Å². The summed E-state index contributed by atoms with van der Waals surface area (Å²) in [7, 11) is 1.55. The van der Waals surface area contributed by atoms with E-state index < -0.39 is 12.0 Å². The van der Waals surface area contributed by atoms with Crippen LogP contribution in [0.5, 0.6) is 11.5 Å². The molecule has 2 saturated heterocycles. The highest BCUT2D eigenvalue weighted by Crippen LogP contribution is 2.30. The standard InChI is InChI=1S/C20H29F2N3O4/c1-28-18-10-15(11-25-9-6-23-19(27)13-25)2-3-17(18)29-14-16(26)12-24-7-4-20(21,22)5-8-24/h2-3,10,16,26H,4-9,11-14H2,1H3,(H,23,27). The quantitative estimate of drug-likeness (QED) is 0.665. The molecule has 2 heterocycles. The largest absolute Gasteiger partial charge is 0.493 e. The minimum Gasteiger partial charge on any atom is -0.493 e. The molecule has 0 bridgehead atoms. The summed E-state index contributed by atoms with van der Waals surface area (Å²) in [5.41, 5.74) is 0.999. The molecule has 7 nitrogen and oxygen atoms in total. The predicted molar refractivity (Wildman–Crippen MR) is 103 cm³/mol. The van der Waals surface area contributed by atoms with Gasteiger partial charge in [-0.1, -0.05) is 6.07 Å². The Hall–Kier alpha value is -1.97. The minimum atomic E-state index is -2.59. The van der Waals surface area contributed by atoms with Crippen LogP contribution in [0, 0.1) is 0 Å². The van der Waals surface area contributed by atoms with Crippen molar-refractivity contribution in [1.29, 1.82) is 0 Å². The van der Waals surface area contributed by atoms with E-state index in [1.165, 1.54) is 0 Å². The first kappa shape index (κ1) is 21.7. The van der Waals surface area contributed by atoms with Crippen LogP contribution in [0.2, 0.25) is 0 Å². The second-order valence-electron chi connectivity index (χ2n) is 7.67. The number of carbonyl (C=O) groups is 1. The van der Waals surface area contributed by atoms with Gasteiger partial charge in [0, 0.05) is 52.1 Å². The maximum Gasteiger partial charge on any atom is 0.250 e.